The van der Waals surface area contributed by atoms with E-state index in [1.165, 1.54) is 19.3 Å². The predicted octanol–water partition coefficient (Wildman–Crippen LogP) is 2.26. The minimum atomic E-state index is 0.612. The van der Waals surface area contributed by atoms with E-state index in [0.29, 0.717) is 6.04 Å². The lowest BCUT2D eigenvalue weighted by molar-refractivity contribution is 0.444. The number of hydrogen-bond acceptors (Lipinski definition) is 4. The van der Waals surface area contributed by atoms with Gasteiger partial charge < -0.3 is 10.6 Å². The van der Waals surface area contributed by atoms with Crippen molar-refractivity contribution in [1.29, 1.82) is 0 Å². The molecule has 4 heteroatoms. The molecule has 4 nitrogen and oxygen atoms in total. The third kappa shape index (κ3) is 2.81. The molecule has 1 saturated carbocycles. The van der Waals surface area contributed by atoms with Crippen molar-refractivity contribution < 1.29 is 0 Å². The van der Waals surface area contributed by atoms with Gasteiger partial charge in [-0.15, -0.1) is 0 Å². The lowest BCUT2D eigenvalue weighted by Crippen LogP contribution is -2.27. The van der Waals surface area contributed by atoms with E-state index in [-0.39, 0.29) is 0 Å². The first-order valence-electron chi connectivity index (χ1n) is 5.71. The Bertz CT molecular complexity index is 309. The molecule has 0 unspecified atom stereocenters. The number of aromatic nitrogens is 2. The molecule has 0 bridgehead atoms. The van der Waals surface area contributed by atoms with Crippen molar-refractivity contribution in [3.8, 4) is 0 Å². The first-order valence-corrected chi connectivity index (χ1v) is 5.71. The van der Waals surface area contributed by atoms with Gasteiger partial charge in [0.15, 0.2) is 0 Å². The first-order chi connectivity index (χ1) is 7.38. The fraction of sp³-hybridized carbons (Fsp3) is 0.636. The average molecular weight is 206 g/mol. The third-order valence-electron chi connectivity index (χ3n) is 2.65. The summed E-state index contributed by atoms with van der Waals surface area (Å²) in [5, 5.41) is 6.61. The van der Waals surface area contributed by atoms with Crippen LogP contribution in [-0.4, -0.2) is 22.6 Å². The van der Waals surface area contributed by atoms with Gasteiger partial charge in [0.25, 0.3) is 0 Å². The van der Waals surface area contributed by atoms with E-state index in [1.54, 1.807) is 12.4 Å². The molecule has 1 aliphatic carbocycles. The fourth-order valence-corrected chi connectivity index (χ4v) is 1.54. The number of rotatable bonds is 5. The summed E-state index contributed by atoms with van der Waals surface area (Å²) in [6, 6.07) is 0.612. The second-order valence-corrected chi connectivity index (χ2v) is 3.99. The maximum atomic E-state index is 4.45. The van der Waals surface area contributed by atoms with E-state index in [1.807, 2.05) is 0 Å². The van der Waals surface area contributed by atoms with Gasteiger partial charge in [0.05, 0.1) is 12.4 Å². The number of hydrogen-bond donors (Lipinski definition) is 2. The second kappa shape index (κ2) is 4.96. The molecule has 0 aromatic carbocycles. The van der Waals surface area contributed by atoms with Crippen LogP contribution in [0.3, 0.4) is 0 Å². The van der Waals surface area contributed by atoms with Crippen LogP contribution >= 0.6 is 0 Å². The average Bonchev–Trinajstić information content (AvgIpc) is 2.21. The molecule has 0 radical (unpaired) electrons. The molecule has 0 spiro atoms. The summed E-state index contributed by atoms with van der Waals surface area (Å²) < 4.78 is 0. The molecule has 1 heterocycles. The molecule has 2 rings (SSSR count). The maximum Gasteiger partial charge on any atom is 0.147 e. The highest BCUT2D eigenvalue weighted by Gasteiger charge is 2.17. The van der Waals surface area contributed by atoms with E-state index >= 15 is 0 Å². The summed E-state index contributed by atoms with van der Waals surface area (Å²) in [5.74, 6) is 1.75. The van der Waals surface area contributed by atoms with Crippen LogP contribution in [0.2, 0.25) is 0 Å². The minimum absolute atomic E-state index is 0.612. The molecule has 1 fully saturated rings. The van der Waals surface area contributed by atoms with Crippen LogP contribution < -0.4 is 10.6 Å². The molecule has 15 heavy (non-hydrogen) atoms. The van der Waals surface area contributed by atoms with E-state index < -0.39 is 0 Å². The van der Waals surface area contributed by atoms with Crippen molar-refractivity contribution in [1.82, 2.24) is 9.97 Å². The smallest absolute Gasteiger partial charge is 0.147 e. The van der Waals surface area contributed by atoms with Crippen LogP contribution in [-0.2, 0) is 0 Å². The fourth-order valence-electron chi connectivity index (χ4n) is 1.54. The number of nitrogens with zero attached hydrogens (tertiary/aromatic N) is 2. The number of nitrogens with one attached hydrogen (secondary N) is 2. The lowest BCUT2D eigenvalue weighted by atomic mass is 9.93. The Morgan fingerprint density at radius 2 is 2.13 bits per heavy atom. The van der Waals surface area contributed by atoms with Gasteiger partial charge in [-0.1, -0.05) is 6.92 Å². The van der Waals surface area contributed by atoms with E-state index in [9.17, 15) is 0 Å². The van der Waals surface area contributed by atoms with Crippen LogP contribution in [0.15, 0.2) is 12.4 Å². The van der Waals surface area contributed by atoms with E-state index in [2.05, 4.69) is 27.5 Å². The van der Waals surface area contributed by atoms with Crippen molar-refractivity contribution in [2.75, 3.05) is 17.2 Å². The molecule has 0 saturated heterocycles. The van der Waals surface area contributed by atoms with Gasteiger partial charge >= 0.3 is 0 Å². The van der Waals surface area contributed by atoms with E-state index in [0.717, 1.165) is 24.6 Å². The highest BCUT2D eigenvalue weighted by Crippen LogP contribution is 2.22. The Morgan fingerprint density at radius 3 is 2.80 bits per heavy atom. The normalized spacial score (nSPS) is 15.8. The Hall–Kier alpha value is -1.32. The zero-order valence-electron chi connectivity index (χ0n) is 9.16. The van der Waals surface area contributed by atoms with Crippen LogP contribution in [0.5, 0.6) is 0 Å². The van der Waals surface area contributed by atoms with Crippen molar-refractivity contribution in [3.05, 3.63) is 12.4 Å². The summed E-state index contributed by atoms with van der Waals surface area (Å²) in [7, 11) is 0. The molecular formula is C11H18N4. The summed E-state index contributed by atoms with van der Waals surface area (Å²) >= 11 is 0. The Kier molecular flexibility index (Phi) is 3.37. The van der Waals surface area contributed by atoms with Gasteiger partial charge in [0.1, 0.15) is 11.6 Å². The van der Waals surface area contributed by atoms with Crippen molar-refractivity contribution in [3.63, 3.8) is 0 Å². The molecule has 0 atom stereocenters. The van der Waals surface area contributed by atoms with Gasteiger partial charge in [-0.05, 0) is 25.7 Å². The summed E-state index contributed by atoms with van der Waals surface area (Å²) in [6.45, 7) is 3.08. The second-order valence-electron chi connectivity index (χ2n) is 3.99. The molecule has 1 aromatic heterocycles. The van der Waals surface area contributed by atoms with Gasteiger partial charge in [-0.3, -0.25) is 4.98 Å². The zero-order valence-corrected chi connectivity index (χ0v) is 9.16. The van der Waals surface area contributed by atoms with Gasteiger partial charge in [0, 0.05) is 12.6 Å². The standard InChI is InChI=1S/C11H18N4/c1-2-6-13-10-7-12-8-11(15-10)14-9-4-3-5-9/h7-9H,2-6H2,1H3,(H2,13,14,15). The van der Waals surface area contributed by atoms with Crippen LogP contribution in [0, 0.1) is 0 Å². The van der Waals surface area contributed by atoms with Gasteiger partial charge in [0.2, 0.25) is 0 Å². The highest BCUT2D eigenvalue weighted by atomic mass is 15.1. The molecule has 82 valence electrons. The molecule has 1 aliphatic rings. The van der Waals surface area contributed by atoms with Crippen molar-refractivity contribution in [2.24, 2.45) is 0 Å². The van der Waals surface area contributed by atoms with Gasteiger partial charge in [-0.25, -0.2) is 4.98 Å². The van der Waals surface area contributed by atoms with Crippen molar-refractivity contribution >= 4 is 11.6 Å². The maximum absolute atomic E-state index is 4.45. The Morgan fingerprint density at radius 1 is 1.33 bits per heavy atom. The van der Waals surface area contributed by atoms with Crippen LogP contribution in [0.25, 0.3) is 0 Å². The minimum Gasteiger partial charge on any atom is -0.369 e. The number of anilines is 2. The predicted molar refractivity (Wildman–Crippen MR) is 62.1 cm³/mol. The van der Waals surface area contributed by atoms with E-state index in [4.69, 9.17) is 0 Å². The SMILES string of the molecule is CCCNc1cncc(NC2CCC2)n1. The molecule has 2 N–H and O–H groups in total. The monoisotopic (exact) mass is 206 g/mol. The molecule has 0 aliphatic heterocycles. The largest absolute Gasteiger partial charge is 0.369 e. The molecule has 1 aromatic rings. The van der Waals surface area contributed by atoms with Crippen LogP contribution in [0.4, 0.5) is 11.6 Å². The van der Waals surface area contributed by atoms with Crippen molar-refractivity contribution in [2.45, 2.75) is 38.6 Å². The Labute approximate surface area is 90.5 Å². The summed E-state index contributed by atoms with van der Waals surface area (Å²) in [4.78, 5) is 8.61. The lowest BCUT2D eigenvalue weighted by Gasteiger charge is -2.26. The van der Waals surface area contributed by atoms with Gasteiger partial charge in [-0.2, -0.15) is 0 Å². The third-order valence-corrected chi connectivity index (χ3v) is 2.65. The summed E-state index contributed by atoms with van der Waals surface area (Å²) in [5.41, 5.74) is 0. The zero-order chi connectivity index (χ0) is 10.5. The molecule has 0 amide bonds. The quantitative estimate of drug-likeness (QED) is 0.776. The highest BCUT2D eigenvalue weighted by molar-refractivity contribution is 5.42. The topological polar surface area (TPSA) is 49.8 Å². The van der Waals surface area contributed by atoms with Crippen LogP contribution in [0.1, 0.15) is 32.6 Å². The summed E-state index contributed by atoms with van der Waals surface area (Å²) in [6.07, 6.45) is 8.50. The Balaban J connectivity index is 1.92. The first kappa shape index (κ1) is 10.2. The molecular weight excluding hydrogens is 188 g/mol.